The summed E-state index contributed by atoms with van der Waals surface area (Å²) >= 11 is 0. The fraction of sp³-hybridized carbons (Fsp3) is 0.364. The predicted octanol–water partition coefficient (Wildman–Crippen LogP) is 1.80. The van der Waals surface area contributed by atoms with E-state index in [2.05, 4.69) is 16.2 Å². The molecule has 1 heterocycles. The van der Waals surface area contributed by atoms with Crippen molar-refractivity contribution in [1.82, 2.24) is 4.98 Å². The van der Waals surface area contributed by atoms with Crippen LogP contribution in [0.25, 0.3) is 0 Å². The highest BCUT2D eigenvalue weighted by Crippen LogP contribution is 2.17. The number of nitrogens with one attached hydrogen (secondary N) is 1. The Bertz CT molecular complexity index is 352. The maximum Gasteiger partial charge on any atom is 0.150 e. The molecule has 1 atom stereocenters. The zero-order valence-corrected chi connectivity index (χ0v) is 8.54. The van der Waals surface area contributed by atoms with Gasteiger partial charge in [-0.1, -0.05) is 12.8 Å². The van der Waals surface area contributed by atoms with Crippen LogP contribution >= 0.6 is 0 Å². The number of nitrogens with two attached hydrogens (primary N) is 1. The molecule has 0 radical (unpaired) electrons. The highest BCUT2D eigenvalue weighted by molar-refractivity contribution is 5.62. The molecule has 3 heteroatoms. The van der Waals surface area contributed by atoms with E-state index in [4.69, 9.17) is 12.2 Å². The third-order valence-corrected chi connectivity index (χ3v) is 1.97. The maximum absolute atomic E-state index is 5.79. The minimum atomic E-state index is -0.00694. The van der Waals surface area contributed by atoms with E-state index in [1.54, 1.807) is 6.20 Å². The smallest absolute Gasteiger partial charge is 0.150 e. The Labute approximate surface area is 84.7 Å². The number of aromatic nitrogens is 1. The molecule has 0 saturated carbocycles. The van der Waals surface area contributed by atoms with Crippen LogP contribution in [0.4, 0.5) is 11.5 Å². The number of hydrogen-bond donors (Lipinski definition) is 2. The summed E-state index contributed by atoms with van der Waals surface area (Å²) in [6.45, 7) is 3.97. The van der Waals surface area contributed by atoms with Crippen LogP contribution < -0.4 is 11.1 Å². The standard InChI is InChI=1S/C11H15N3/c1-4-9(5-2)14-11-10(12)6-8(3)7-13-11/h1,6-7,9H,5,12H2,2-3H3,(H,13,14). The normalized spacial score (nSPS) is 11.8. The van der Waals surface area contributed by atoms with Gasteiger partial charge >= 0.3 is 0 Å². The average Bonchev–Trinajstić information content (AvgIpc) is 2.17. The van der Waals surface area contributed by atoms with Gasteiger partial charge < -0.3 is 11.1 Å². The molecule has 1 aromatic heterocycles. The molecule has 0 aliphatic rings. The molecule has 74 valence electrons. The number of pyridine rings is 1. The van der Waals surface area contributed by atoms with Gasteiger partial charge in [0, 0.05) is 6.20 Å². The number of nitrogens with zero attached hydrogens (tertiary/aromatic N) is 1. The summed E-state index contributed by atoms with van der Waals surface area (Å²) in [5.74, 6) is 3.30. The molecule has 1 unspecified atom stereocenters. The number of aryl methyl sites for hydroxylation is 1. The van der Waals surface area contributed by atoms with Crippen molar-refractivity contribution in [3.63, 3.8) is 0 Å². The Kier molecular flexibility index (Phi) is 3.35. The summed E-state index contributed by atoms with van der Waals surface area (Å²) in [4.78, 5) is 4.18. The molecule has 14 heavy (non-hydrogen) atoms. The van der Waals surface area contributed by atoms with Crippen molar-refractivity contribution in [1.29, 1.82) is 0 Å². The van der Waals surface area contributed by atoms with E-state index in [9.17, 15) is 0 Å². The summed E-state index contributed by atoms with van der Waals surface area (Å²) in [7, 11) is 0. The summed E-state index contributed by atoms with van der Waals surface area (Å²) < 4.78 is 0. The van der Waals surface area contributed by atoms with Gasteiger partial charge in [-0.3, -0.25) is 0 Å². The molecule has 1 aromatic rings. The molecule has 3 N–H and O–H groups in total. The van der Waals surface area contributed by atoms with Crippen molar-refractivity contribution in [3.8, 4) is 12.3 Å². The van der Waals surface area contributed by atoms with E-state index >= 15 is 0 Å². The number of hydrogen-bond acceptors (Lipinski definition) is 3. The molecular weight excluding hydrogens is 174 g/mol. The van der Waals surface area contributed by atoms with E-state index in [0.29, 0.717) is 11.5 Å². The monoisotopic (exact) mass is 189 g/mol. The Balaban J connectivity index is 2.82. The lowest BCUT2D eigenvalue weighted by Gasteiger charge is -2.13. The van der Waals surface area contributed by atoms with E-state index in [0.717, 1.165) is 12.0 Å². The molecule has 0 fully saturated rings. The second-order valence-corrected chi connectivity index (χ2v) is 3.22. The topological polar surface area (TPSA) is 50.9 Å². The second kappa shape index (κ2) is 4.52. The number of nitrogen functional groups attached to an aromatic ring is 1. The minimum absolute atomic E-state index is 0.00694. The second-order valence-electron chi connectivity index (χ2n) is 3.22. The van der Waals surface area contributed by atoms with Crippen LogP contribution in [0.1, 0.15) is 18.9 Å². The Morgan fingerprint density at radius 3 is 2.93 bits per heavy atom. The lowest BCUT2D eigenvalue weighted by Crippen LogP contribution is -2.17. The zero-order valence-electron chi connectivity index (χ0n) is 8.54. The minimum Gasteiger partial charge on any atom is -0.396 e. The zero-order chi connectivity index (χ0) is 10.6. The molecule has 0 saturated heterocycles. The lowest BCUT2D eigenvalue weighted by molar-refractivity contribution is 0.851. The van der Waals surface area contributed by atoms with Gasteiger partial charge in [0.15, 0.2) is 0 Å². The van der Waals surface area contributed by atoms with Crippen LogP contribution in [0, 0.1) is 19.3 Å². The first-order valence-corrected chi connectivity index (χ1v) is 4.62. The quantitative estimate of drug-likeness (QED) is 0.713. The van der Waals surface area contributed by atoms with E-state index in [-0.39, 0.29) is 6.04 Å². The van der Waals surface area contributed by atoms with Crippen LogP contribution in [0.2, 0.25) is 0 Å². The van der Waals surface area contributed by atoms with Crippen molar-refractivity contribution < 1.29 is 0 Å². The van der Waals surface area contributed by atoms with Gasteiger partial charge in [-0.25, -0.2) is 4.98 Å². The van der Waals surface area contributed by atoms with Gasteiger partial charge in [0.2, 0.25) is 0 Å². The van der Waals surface area contributed by atoms with Crippen molar-refractivity contribution >= 4 is 11.5 Å². The Morgan fingerprint density at radius 1 is 1.71 bits per heavy atom. The van der Waals surface area contributed by atoms with Crippen LogP contribution in [0.5, 0.6) is 0 Å². The fourth-order valence-corrected chi connectivity index (χ4v) is 1.14. The average molecular weight is 189 g/mol. The van der Waals surface area contributed by atoms with Crippen LogP contribution in [-0.4, -0.2) is 11.0 Å². The summed E-state index contributed by atoms with van der Waals surface area (Å²) in [6.07, 6.45) is 7.95. The first kappa shape index (κ1) is 10.4. The molecule has 3 nitrogen and oxygen atoms in total. The number of anilines is 2. The Morgan fingerprint density at radius 2 is 2.43 bits per heavy atom. The third-order valence-electron chi connectivity index (χ3n) is 1.97. The largest absolute Gasteiger partial charge is 0.396 e. The number of terminal acetylenes is 1. The lowest BCUT2D eigenvalue weighted by atomic mass is 10.2. The predicted molar refractivity (Wildman–Crippen MR) is 59.9 cm³/mol. The molecule has 0 aliphatic carbocycles. The highest BCUT2D eigenvalue weighted by Gasteiger charge is 2.05. The van der Waals surface area contributed by atoms with Crippen LogP contribution in [0.15, 0.2) is 12.3 Å². The molecule has 0 amide bonds. The van der Waals surface area contributed by atoms with Crippen LogP contribution in [0.3, 0.4) is 0 Å². The molecule has 0 bridgehead atoms. The van der Waals surface area contributed by atoms with E-state index in [1.165, 1.54) is 0 Å². The summed E-state index contributed by atoms with van der Waals surface area (Å²) in [5.41, 5.74) is 7.47. The van der Waals surface area contributed by atoms with Gasteiger partial charge in [0.05, 0.1) is 11.7 Å². The SMILES string of the molecule is C#CC(CC)Nc1ncc(C)cc1N. The maximum atomic E-state index is 5.79. The van der Waals surface area contributed by atoms with E-state index in [1.807, 2.05) is 19.9 Å². The molecule has 0 aliphatic heterocycles. The highest BCUT2D eigenvalue weighted by atomic mass is 15.0. The van der Waals surface area contributed by atoms with Gasteiger partial charge in [-0.15, -0.1) is 6.42 Å². The van der Waals surface area contributed by atoms with Crippen molar-refractivity contribution in [2.75, 3.05) is 11.1 Å². The van der Waals surface area contributed by atoms with Gasteiger partial charge in [0.1, 0.15) is 5.82 Å². The van der Waals surface area contributed by atoms with Crippen molar-refractivity contribution in [2.45, 2.75) is 26.3 Å². The van der Waals surface area contributed by atoms with Gasteiger partial charge in [-0.2, -0.15) is 0 Å². The molecule has 1 rings (SSSR count). The molecule has 0 aromatic carbocycles. The first-order chi connectivity index (χ1) is 6.67. The van der Waals surface area contributed by atoms with Gasteiger partial charge in [-0.05, 0) is 25.0 Å². The fourth-order valence-electron chi connectivity index (χ4n) is 1.14. The third kappa shape index (κ3) is 2.40. The summed E-state index contributed by atoms with van der Waals surface area (Å²) in [5, 5.41) is 3.10. The van der Waals surface area contributed by atoms with Gasteiger partial charge in [0.25, 0.3) is 0 Å². The first-order valence-electron chi connectivity index (χ1n) is 4.62. The van der Waals surface area contributed by atoms with Crippen molar-refractivity contribution in [2.24, 2.45) is 0 Å². The van der Waals surface area contributed by atoms with E-state index < -0.39 is 0 Å². The Hall–Kier alpha value is -1.69. The van der Waals surface area contributed by atoms with Crippen LogP contribution in [-0.2, 0) is 0 Å². The summed E-state index contributed by atoms with van der Waals surface area (Å²) in [6, 6.07) is 1.87. The molecular formula is C11H15N3. The van der Waals surface area contributed by atoms with Crippen molar-refractivity contribution in [3.05, 3.63) is 17.8 Å². The number of rotatable bonds is 3. The molecule has 0 spiro atoms.